The van der Waals surface area contributed by atoms with E-state index in [4.69, 9.17) is 9.73 Å². The molecule has 172 valence electrons. The number of hydrogen-bond donors (Lipinski definition) is 2. The molecule has 31 heavy (non-hydrogen) atoms. The molecule has 0 fully saturated rings. The number of aromatic nitrogens is 3. The van der Waals surface area contributed by atoms with Gasteiger partial charge in [0.25, 0.3) is 0 Å². The third-order valence-corrected chi connectivity index (χ3v) is 5.56. The average Bonchev–Trinajstić information content (AvgIpc) is 3.16. The topological polar surface area (TPSA) is 76.4 Å². The van der Waals surface area contributed by atoms with E-state index in [-0.39, 0.29) is 35.4 Å². The van der Waals surface area contributed by atoms with Crippen molar-refractivity contribution in [3.05, 3.63) is 41.5 Å². The molecule has 0 spiro atoms. The molecule has 1 aromatic heterocycles. The van der Waals surface area contributed by atoms with Crippen LogP contribution in [0.3, 0.4) is 0 Å². The maximum Gasteiger partial charge on any atom is 0.191 e. The van der Waals surface area contributed by atoms with Crippen LogP contribution in [0.4, 0.5) is 0 Å². The highest BCUT2D eigenvalue weighted by Crippen LogP contribution is 2.26. The van der Waals surface area contributed by atoms with Crippen LogP contribution in [-0.4, -0.2) is 47.0 Å². The third kappa shape index (κ3) is 6.57. The summed E-state index contributed by atoms with van der Waals surface area (Å²) < 4.78 is 7.44. The molecule has 3 rings (SSSR count). The van der Waals surface area contributed by atoms with Gasteiger partial charge in [-0.1, -0.05) is 39.8 Å². The molecule has 1 atom stereocenters. The number of ether oxygens (including phenoxy) is 1. The summed E-state index contributed by atoms with van der Waals surface area (Å²) in [7, 11) is 1.70. The van der Waals surface area contributed by atoms with Gasteiger partial charge in [-0.15, -0.1) is 24.0 Å². The maximum atomic E-state index is 5.39. The number of hydrogen-bond acceptors (Lipinski definition) is 4. The average molecular weight is 540 g/mol. The Morgan fingerprint density at radius 3 is 2.81 bits per heavy atom. The summed E-state index contributed by atoms with van der Waals surface area (Å²) in [5.74, 6) is 4.11. The Morgan fingerprint density at radius 1 is 1.35 bits per heavy atom. The molecule has 7 nitrogen and oxygen atoms in total. The normalized spacial score (nSPS) is 16.5. The molecule has 2 heterocycles. The van der Waals surface area contributed by atoms with Crippen LogP contribution in [0.2, 0.25) is 0 Å². The summed E-state index contributed by atoms with van der Waals surface area (Å²) in [5, 5.41) is 11.7. The number of rotatable bonds is 7. The number of methoxy groups -OCH3 is 1. The molecule has 0 aliphatic carbocycles. The zero-order chi connectivity index (χ0) is 21.7. The van der Waals surface area contributed by atoms with Crippen molar-refractivity contribution in [2.45, 2.75) is 71.4 Å². The van der Waals surface area contributed by atoms with Crippen molar-refractivity contribution in [3.8, 4) is 5.75 Å². The molecule has 2 N–H and O–H groups in total. The van der Waals surface area contributed by atoms with Crippen LogP contribution in [0, 0.1) is 0 Å². The van der Waals surface area contributed by atoms with Gasteiger partial charge in [-0.05, 0) is 31.0 Å². The SMILES string of the molecule is CCNC(=NCC(C)(C)c1cccc(OC)c1)NC1CCc2nc(C(C)C)nn2C1.I. The van der Waals surface area contributed by atoms with E-state index >= 15 is 0 Å². The van der Waals surface area contributed by atoms with Crippen LogP contribution < -0.4 is 15.4 Å². The number of aryl methyl sites for hydroxylation is 1. The highest BCUT2D eigenvalue weighted by molar-refractivity contribution is 14.0. The number of fused-ring (bicyclic) bond motifs is 1. The first-order chi connectivity index (χ1) is 14.3. The highest BCUT2D eigenvalue weighted by Gasteiger charge is 2.24. The van der Waals surface area contributed by atoms with Crippen LogP contribution in [0.15, 0.2) is 29.3 Å². The zero-order valence-electron chi connectivity index (χ0n) is 19.6. The number of guanidine groups is 1. The van der Waals surface area contributed by atoms with E-state index in [0.717, 1.165) is 49.3 Å². The molecule has 0 saturated heterocycles. The molecule has 0 saturated carbocycles. The van der Waals surface area contributed by atoms with Crippen LogP contribution in [0.1, 0.15) is 64.2 Å². The fourth-order valence-electron chi connectivity index (χ4n) is 3.62. The minimum atomic E-state index is -0.102. The molecule has 0 bridgehead atoms. The Balaban J connectivity index is 0.00000341. The van der Waals surface area contributed by atoms with Crippen molar-refractivity contribution in [2.24, 2.45) is 4.99 Å². The lowest BCUT2D eigenvalue weighted by Gasteiger charge is -2.27. The van der Waals surface area contributed by atoms with E-state index in [9.17, 15) is 0 Å². The number of nitrogens with zero attached hydrogens (tertiary/aromatic N) is 4. The van der Waals surface area contributed by atoms with Crippen molar-refractivity contribution < 1.29 is 4.74 Å². The summed E-state index contributed by atoms with van der Waals surface area (Å²) in [6.07, 6.45) is 1.96. The van der Waals surface area contributed by atoms with Crippen molar-refractivity contribution in [2.75, 3.05) is 20.2 Å². The number of benzene rings is 1. The van der Waals surface area contributed by atoms with Gasteiger partial charge in [-0.3, -0.25) is 4.99 Å². The lowest BCUT2D eigenvalue weighted by Crippen LogP contribution is -2.47. The molecule has 8 heteroatoms. The van der Waals surface area contributed by atoms with Gasteiger partial charge in [0.2, 0.25) is 0 Å². The molecule has 2 aromatic rings. The van der Waals surface area contributed by atoms with Gasteiger partial charge in [0, 0.05) is 30.3 Å². The van der Waals surface area contributed by atoms with Crippen LogP contribution in [-0.2, 0) is 18.4 Å². The number of halogens is 1. The second-order valence-electron chi connectivity index (χ2n) is 8.91. The molecular formula is C23H37IN6O. The first kappa shape index (κ1) is 25.4. The van der Waals surface area contributed by atoms with Crippen molar-refractivity contribution in [3.63, 3.8) is 0 Å². The Bertz CT molecular complexity index is 877. The Hall–Kier alpha value is -1.84. The maximum absolute atomic E-state index is 5.39. The predicted molar refractivity (Wildman–Crippen MR) is 137 cm³/mol. The van der Waals surface area contributed by atoms with Crippen molar-refractivity contribution in [1.82, 2.24) is 25.4 Å². The Morgan fingerprint density at radius 2 is 2.13 bits per heavy atom. The van der Waals surface area contributed by atoms with Gasteiger partial charge >= 0.3 is 0 Å². The van der Waals surface area contributed by atoms with Crippen LogP contribution >= 0.6 is 24.0 Å². The van der Waals surface area contributed by atoms with Crippen molar-refractivity contribution in [1.29, 1.82) is 0 Å². The third-order valence-electron chi connectivity index (χ3n) is 5.56. The summed E-state index contributed by atoms with van der Waals surface area (Å²) >= 11 is 0. The van der Waals surface area contributed by atoms with Gasteiger partial charge in [-0.2, -0.15) is 5.10 Å². The Labute approximate surface area is 203 Å². The molecule has 1 aromatic carbocycles. The molecule has 0 radical (unpaired) electrons. The Kier molecular flexibility index (Phi) is 9.14. The summed E-state index contributed by atoms with van der Waals surface area (Å²) in [6, 6.07) is 8.53. The molecule has 1 aliphatic rings. The van der Waals surface area contributed by atoms with E-state index in [1.165, 1.54) is 5.56 Å². The fraction of sp³-hybridized carbons (Fsp3) is 0.609. The summed E-state index contributed by atoms with van der Waals surface area (Å²) in [4.78, 5) is 9.59. The second-order valence-corrected chi connectivity index (χ2v) is 8.91. The first-order valence-electron chi connectivity index (χ1n) is 11.0. The molecular weight excluding hydrogens is 503 g/mol. The minimum absolute atomic E-state index is 0. The standard InChI is InChI=1S/C23H36N6O.HI/c1-7-24-22(25-15-23(4,5)17-9-8-10-19(13-17)30-6)26-18-11-12-20-27-21(16(2)3)28-29(20)14-18;/h8-10,13,16,18H,7,11-12,14-15H2,1-6H3,(H2,24,25,26);1H. The quantitative estimate of drug-likeness (QED) is 0.317. The van der Waals surface area contributed by atoms with Crippen molar-refractivity contribution >= 4 is 29.9 Å². The lowest BCUT2D eigenvalue weighted by atomic mass is 9.84. The van der Waals surface area contributed by atoms with Gasteiger partial charge in [-0.25, -0.2) is 9.67 Å². The zero-order valence-corrected chi connectivity index (χ0v) is 21.9. The van der Waals surface area contributed by atoms with E-state index in [1.54, 1.807) is 7.11 Å². The molecule has 1 unspecified atom stereocenters. The van der Waals surface area contributed by atoms with Crippen LogP contribution in [0.25, 0.3) is 0 Å². The van der Waals surface area contributed by atoms with Crippen LogP contribution in [0.5, 0.6) is 5.75 Å². The highest BCUT2D eigenvalue weighted by atomic mass is 127. The van der Waals surface area contributed by atoms with E-state index in [0.29, 0.717) is 12.5 Å². The van der Waals surface area contributed by atoms with E-state index < -0.39 is 0 Å². The second kappa shape index (κ2) is 11.2. The van der Waals surface area contributed by atoms with E-state index in [1.807, 2.05) is 12.1 Å². The molecule has 0 amide bonds. The summed E-state index contributed by atoms with van der Waals surface area (Å²) in [5.41, 5.74) is 1.11. The predicted octanol–water partition coefficient (Wildman–Crippen LogP) is 3.88. The number of aliphatic imine (C=N–C) groups is 1. The molecule has 1 aliphatic heterocycles. The first-order valence-corrected chi connectivity index (χ1v) is 11.0. The monoisotopic (exact) mass is 540 g/mol. The summed E-state index contributed by atoms with van der Waals surface area (Å²) in [6.45, 7) is 13.1. The number of nitrogens with one attached hydrogen (secondary N) is 2. The van der Waals surface area contributed by atoms with Gasteiger partial charge in [0.15, 0.2) is 11.8 Å². The van der Waals surface area contributed by atoms with Gasteiger partial charge in [0.05, 0.1) is 20.2 Å². The largest absolute Gasteiger partial charge is 0.497 e. The van der Waals surface area contributed by atoms with Gasteiger partial charge < -0.3 is 15.4 Å². The smallest absolute Gasteiger partial charge is 0.191 e. The van der Waals surface area contributed by atoms with E-state index in [2.05, 4.69) is 72.1 Å². The minimum Gasteiger partial charge on any atom is -0.497 e. The lowest BCUT2D eigenvalue weighted by molar-refractivity contribution is 0.391. The fourth-order valence-corrected chi connectivity index (χ4v) is 3.62. The van der Waals surface area contributed by atoms with Gasteiger partial charge in [0.1, 0.15) is 11.6 Å².